The van der Waals surface area contributed by atoms with Crippen molar-refractivity contribution < 1.29 is 14.2 Å². The Labute approximate surface area is 141 Å². The van der Waals surface area contributed by atoms with Crippen LogP contribution in [0, 0.1) is 5.41 Å². The number of ether oxygens (including phenoxy) is 3. The number of benzene rings is 1. The van der Waals surface area contributed by atoms with E-state index in [1.54, 1.807) is 27.4 Å². The molecular weight excluding hydrogens is 308 g/mol. The van der Waals surface area contributed by atoms with E-state index in [2.05, 4.69) is 15.3 Å². The molecule has 7 nitrogen and oxygen atoms in total. The number of nitrogen functional groups attached to an aromatic ring is 1. The molecule has 1 aromatic carbocycles. The van der Waals surface area contributed by atoms with E-state index in [-0.39, 0.29) is 5.41 Å². The Hall–Kier alpha value is -2.28. The standard InChI is InChI=1S/C17H24N4O3/c1-22-10-17(5-4-6-17)9-19-16-20-12-8-14(24-3)13(23-2)7-11(12)15(18)21-16/h7-8H,4-6,9-10H2,1-3H3,(H3,18,19,20,21). The number of rotatable bonds is 7. The van der Waals surface area contributed by atoms with Crippen LogP contribution in [0.25, 0.3) is 10.9 Å². The number of nitrogens with two attached hydrogens (primary N) is 1. The molecule has 1 fully saturated rings. The van der Waals surface area contributed by atoms with E-state index in [1.165, 1.54) is 6.42 Å². The first kappa shape index (κ1) is 16.6. The third-order valence-corrected chi connectivity index (χ3v) is 4.72. The third-order valence-electron chi connectivity index (χ3n) is 4.72. The summed E-state index contributed by atoms with van der Waals surface area (Å²) in [5.74, 6) is 2.16. The van der Waals surface area contributed by atoms with Crippen molar-refractivity contribution in [3.8, 4) is 11.5 Å². The van der Waals surface area contributed by atoms with Gasteiger partial charge in [-0.05, 0) is 18.9 Å². The van der Waals surface area contributed by atoms with Gasteiger partial charge in [0.15, 0.2) is 11.5 Å². The molecule has 1 heterocycles. The first-order valence-corrected chi connectivity index (χ1v) is 8.03. The summed E-state index contributed by atoms with van der Waals surface area (Å²) in [6.07, 6.45) is 3.55. The van der Waals surface area contributed by atoms with Gasteiger partial charge in [-0.15, -0.1) is 0 Å². The topological polar surface area (TPSA) is 91.5 Å². The van der Waals surface area contributed by atoms with Crippen LogP contribution in [0.2, 0.25) is 0 Å². The van der Waals surface area contributed by atoms with Gasteiger partial charge in [-0.1, -0.05) is 6.42 Å². The Morgan fingerprint density at radius 3 is 2.42 bits per heavy atom. The lowest BCUT2D eigenvalue weighted by Crippen LogP contribution is -2.40. The number of fused-ring (bicyclic) bond motifs is 1. The van der Waals surface area contributed by atoms with Crippen LogP contribution in [0.1, 0.15) is 19.3 Å². The predicted octanol–water partition coefficient (Wildman–Crippen LogP) is 2.46. The molecule has 0 atom stereocenters. The van der Waals surface area contributed by atoms with E-state index in [9.17, 15) is 0 Å². The highest BCUT2D eigenvalue weighted by Crippen LogP contribution is 2.41. The Bertz CT molecular complexity index is 731. The monoisotopic (exact) mass is 332 g/mol. The van der Waals surface area contributed by atoms with Gasteiger partial charge in [0.1, 0.15) is 5.82 Å². The quantitative estimate of drug-likeness (QED) is 0.804. The molecule has 1 aliphatic rings. The maximum Gasteiger partial charge on any atom is 0.225 e. The fourth-order valence-corrected chi connectivity index (χ4v) is 3.18. The molecule has 0 radical (unpaired) electrons. The van der Waals surface area contributed by atoms with Gasteiger partial charge >= 0.3 is 0 Å². The second-order valence-corrected chi connectivity index (χ2v) is 6.30. The Morgan fingerprint density at radius 1 is 1.12 bits per heavy atom. The number of hydrogen-bond acceptors (Lipinski definition) is 7. The molecule has 0 unspecified atom stereocenters. The molecule has 0 aliphatic heterocycles. The van der Waals surface area contributed by atoms with Gasteiger partial charge in [-0.2, -0.15) is 4.98 Å². The summed E-state index contributed by atoms with van der Waals surface area (Å²) in [5, 5.41) is 4.06. The molecule has 3 rings (SSSR count). The molecule has 2 aromatic rings. The van der Waals surface area contributed by atoms with Gasteiger partial charge in [0.2, 0.25) is 5.95 Å². The van der Waals surface area contributed by atoms with Crippen molar-refractivity contribution in [3.63, 3.8) is 0 Å². The van der Waals surface area contributed by atoms with Crippen LogP contribution in [0.3, 0.4) is 0 Å². The van der Waals surface area contributed by atoms with E-state index in [0.717, 1.165) is 36.9 Å². The van der Waals surface area contributed by atoms with Gasteiger partial charge in [-0.25, -0.2) is 4.98 Å². The first-order valence-electron chi connectivity index (χ1n) is 8.03. The van der Waals surface area contributed by atoms with Gasteiger partial charge in [-0.3, -0.25) is 0 Å². The maximum absolute atomic E-state index is 6.10. The lowest BCUT2D eigenvalue weighted by Gasteiger charge is -2.41. The number of aromatic nitrogens is 2. The normalized spacial score (nSPS) is 15.8. The van der Waals surface area contributed by atoms with Crippen molar-refractivity contribution >= 4 is 22.7 Å². The smallest absolute Gasteiger partial charge is 0.225 e. The van der Waals surface area contributed by atoms with Crippen molar-refractivity contribution in [2.75, 3.05) is 45.5 Å². The molecular formula is C17H24N4O3. The molecule has 3 N–H and O–H groups in total. The number of nitrogens with zero attached hydrogens (tertiary/aromatic N) is 2. The van der Waals surface area contributed by atoms with Crippen LogP contribution in [0.15, 0.2) is 12.1 Å². The van der Waals surface area contributed by atoms with Gasteiger partial charge in [0, 0.05) is 30.5 Å². The largest absolute Gasteiger partial charge is 0.493 e. The summed E-state index contributed by atoms with van der Waals surface area (Å²) in [7, 11) is 4.92. The van der Waals surface area contributed by atoms with Crippen molar-refractivity contribution in [1.29, 1.82) is 0 Å². The highest BCUT2D eigenvalue weighted by Gasteiger charge is 2.37. The zero-order chi connectivity index (χ0) is 17.2. The molecule has 0 bridgehead atoms. The second-order valence-electron chi connectivity index (χ2n) is 6.30. The Morgan fingerprint density at radius 2 is 1.83 bits per heavy atom. The highest BCUT2D eigenvalue weighted by atomic mass is 16.5. The van der Waals surface area contributed by atoms with Crippen LogP contribution in [0.5, 0.6) is 11.5 Å². The average molecular weight is 332 g/mol. The average Bonchev–Trinajstić information content (AvgIpc) is 2.56. The summed E-state index contributed by atoms with van der Waals surface area (Å²) in [6.45, 7) is 1.52. The first-order chi connectivity index (χ1) is 11.6. The van der Waals surface area contributed by atoms with E-state index in [1.807, 2.05) is 6.07 Å². The number of anilines is 2. The van der Waals surface area contributed by atoms with Gasteiger partial charge in [0.25, 0.3) is 0 Å². The van der Waals surface area contributed by atoms with Gasteiger partial charge < -0.3 is 25.3 Å². The van der Waals surface area contributed by atoms with Crippen molar-refractivity contribution in [2.45, 2.75) is 19.3 Å². The fourth-order valence-electron chi connectivity index (χ4n) is 3.18. The predicted molar refractivity (Wildman–Crippen MR) is 93.7 cm³/mol. The molecule has 130 valence electrons. The molecule has 1 aromatic heterocycles. The minimum atomic E-state index is 0.180. The number of hydrogen-bond donors (Lipinski definition) is 2. The maximum atomic E-state index is 6.10. The summed E-state index contributed by atoms with van der Waals surface area (Å²) < 4.78 is 16.0. The van der Waals surface area contributed by atoms with Crippen molar-refractivity contribution in [2.24, 2.45) is 5.41 Å². The van der Waals surface area contributed by atoms with Crippen LogP contribution in [-0.2, 0) is 4.74 Å². The zero-order valence-electron chi connectivity index (χ0n) is 14.4. The molecule has 7 heteroatoms. The molecule has 0 amide bonds. The summed E-state index contributed by atoms with van der Waals surface area (Å²) in [4.78, 5) is 8.94. The summed E-state index contributed by atoms with van der Waals surface area (Å²) in [6, 6.07) is 3.61. The summed E-state index contributed by atoms with van der Waals surface area (Å²) >= 11 is 0. The fraction of sp³-hybridized carbons (Fsp3) is 0.529. The summed E-state index contributed by atoms with van der Waals surface area (Å²) in [5.41, 5.74) is 7.00. The lowest BCUT2D eigenvalue weighted by molar-refractivity contribution is 0.0282. The minimum absolute atomic E-state index is 0.180. The van der Waals surface area contributed by atoms with E-state index < -0.39 is 0 Å². The van der Waals surface area contributed by atoms with Gasteiger partial charge in [0.05, 0.1) is 26.3 Å². The minimum Gasteiger partial charge on any atom is -0.493 e. The van der Waals surface area contributed by atoms with Crippen LogP contribution < -0.4 is 20.5 Å². The third kappa shape index (κ3) is 3.03. The lowest BCUT2D eigenvalue weighted by atomic mass is 9.69. The van der Waals surface area contributed by atoms with Crippen LogP contribution in [-0.4, -0.2) is 44.4 Å². The molecule has 1 aliphatic carbocycles. The van der Waals surface area contributed by atoms with Crippen LogP contribution in [0.4, 0.5) is 11.8 Å². The Kier molecular flexibility index (Phi) is 4.62. The molecule has 1 saturated carbocycles. The SMILES string of the molecule is COCC1(CNc2nc(N)c3cc(OC)c(OC)cc3n2)CCC1. The zero-order valence-corrected chi connectivity index (χ0v) is 14.4. The molecule has 24 heavy (non-hydrogen) atoms. The molecule has 0 saturated heterocycles. The van der Waals surface area contributed by atoms with Crippen molar-refractivity contribution in [3.05, 3.63) is 12.1 Å². The van der Waals surface area contributed by atoms with E-state index in [4.69, 9.17) is 19.9 Å². The van der Waals surface area contributed by atoms with E-state index >= 15 is 0 Å². The van der Waals surface area contributed by atoms with Crippen LogP contribution >= 0.6 is 0 Å². The highest BCUT2D eigenvalue weighted by molar-refractivity contribution is 5.91. The second kappa shape index (κ2) is 6.68. The Balaban J connectivity index is 1.87. The molecule has 0 spiro atoms. The number of nitrogens with one attached hydrogen (secondary N) is 1. The number of methoxy groups -OCH3 is 3. The van der Waals surface area contributed by atoms with Crippen molar-refractivity contribution in [1.82, 2.24) is 9.97 Å². The van der Waals surface area contributed by atoms with E-state index in [0.29, 0.717) is 23.3 Å².